The second kappa shape index (κ2) is 12.4. The molecule has 0 fully saturated rings. The van der Waals surface area contributed by atoms with Gasteiger partial charge in [-0.2, -0.15) is 0 Å². The van der Waals surface area contributed by atoms with Crippen LogP contribution in [-0.4, -0.2) is 46.7 Å². The molecule has 2 heterocycles. The average Bonchev–Trinajstić information content (AvgIpc) is 3.47. The summed E-state index contributed by atoms with van der Waals surface area (Å²) in [4.78, 5) is 54.5. The molecule has 0 unspecified atom stereocenters. The third kappa shape index (κ3) is 6.68. The summed E-state index contributed by atoms with van der Waals surface area (Å²) in [6.07, 6.45) is 5.79. The van der Waals surface area contributed by atoms with Crippen LogP contribution in [0.25, 0.3) is 11.3 Å². The van der Waals surface area contributed by atoms with Crippen molar-refractivity contribution in [2.45, 2.75) is 45.4 Å². The van der Waals surface area contributed by atoms with Crippen LogP contribution in [0.3, 0.4) is 0 Å². The number of amides is 3. The van der Waals surface area contributed by atoms with Gasteiger partial charge in [-0.05, 0) is 30.5 Å². The maximum absolute atomic E-state index is 12.4. The predicted molar refractivity (Wildman–Crippen MR) is 141 cm³/mol. The highest BCUT2D eigenvalue weighted by Crippen LogP contribution is 2.26. The highest BCUT2D eigenvalue weighted by Gasteiger charge is 2.35. The first-order valence-corrected chi connectivity index (χ1v) is 13.3. The smallest absolute Gasteiger partial charge is 0.308 e. The topological polar surface area (TPSA) is 106 Å². The molecule has 3 aromatic rings. The van der Waals surface area contributed by atoms with Crippen molar-refractivity contribution in [1.29, 1.82) is 0 Å². The van der Waals surface area contributed by atoms with E-state index in [4.69, 9.17) is 4.74 Å². The van der Waals surface area contributed by atoms with Gasteiger partial charge in [0.1, 0.15) is 0 Å². The van der Waals surface area contributed by atoms with Gasteiger partial charge in [-0.3, -0.25) is 29.4 Å². The molecule has 0 spiro atoms. The van der Waals surface area contributed by atoms with Crippen molar-refractivity contribution in [2.75, 3.05) is 18.5 Å². The van der Waals surface area contributed by atoms with E-state index in [-0.39, 0.29) is 13.0 Å². The monoisotopic (exact) mass is 519 g/mol. The third-order valence-electron chi connectivity index (χ3n) is 6.10. The minimum Gasteiger partial charge on any atom is -0.456 e. The van der Waals surface area contributed by atoms with E-state index >= 15 is 0 Å². The van der Waals surface area contributed by atoms with Gasteiger partial charge in [0.05, 0.1) is 23.2 Å². The van der Waals surface area contributed by atoms with Crippen LogP contribution in [0.1, 0.15) is 65.3 Å². The lowest BCUT2D eigenvalue weighted by molar-refractivity contribution is -0.147. The zero-order valence-corrected chi connectivity index (χ0v) is 21.5. The Balaban J connectivity index is 1.20. The summed E-state index contributed by atoms with van der Waals surface area (Å²) in [5.41, 5.74) is 3.67. The summed E-state index contributed by atoms with van der Waals surface area (Å²) in [6, 6.07) is 14.8. The molecule has 4 rings (SSSR count). The molecule has 192 valence electrons. The molecule has 1 aliphatic heterocycles. The molecular weight excluding hydrogens is 490 g/mol. The maximum Gasteiger partial charge on any atom is 0.308 e. The van der Waals surface area contributed by atoms with E-state index in [0.717, 1.165) is 22.6 Å². The maximum atomic E-state index is 12.4. The summed E-state index contributed by atoms with van der Waals surface area (Å²) in [7, 11) is 0. The van der Waals surface area contributed by atoms with Crippen LogP contribution in [0.5, 0.6) is 0 Å². The number of carbonyl (C=O) groups excluding carboxylic acids is 4. The Morgan fingerprint density at radius 3 is 2.35 bits per heavy atom. The minimum atomic E-state index is -0.679. The summed E-state index contributed by atoms with van der Waals surface area (Å²) >= 11 is 1.29. The number of fused-ring (bicyclic) bond motifs is 1. The van der Waals surface area contributed by atoms with Crippen LogP contribution in [0.2, 0.25) is 0 Å². The highest BCUT2D eigenvalue weighted by atomic mass is 32.1. The molecule has 0 radical (unpaired) electrons. The molecule has 9 heteroatoms. The van der Waals surface area contributed by atoms with E-state index in [1.54, 1.807) is 24.3 Å². The quantitative estimate of drug-likeness (QED) is 0.203. The number of imide groups is 1. The fourth-order valence-corrected chi connectivity index (χ4v) is 4.82. The molecule has 0 atom stereocenters. The van der Waals surface area contributed by atoms with Crippen molar-refractivity contribution in [3.05, 3.63) is 70.6 Å². The van der Waals surface area contributed by atoms with Crippen molar-refractivity contribution in [1.82, 2.24) is 9.88 Å². The number of nitrogens with zero attached hydrogens (tertiary/aromatic N) is 2. The second-order valence-electron chi connectivity index (χ2n) is 8.81. The summed E-state index contributed by atoms with van der Waals surface area (Å²) in [5.74, 6) is -2.07. The number of aryl methyl sites for hydroxylation is 1. The Bertz CT molecular complexity index is 1250. The molecule has 0 bridgehead atoms. The van der Waals surface area contributed by atoms with Crippen LogP contribution in [-0.2, 0) is 20.7 Å². The number of thiazole rings is 1. The van der Waals surface area contributed by atoms with Gasteiger partial charge >= 0.3 is 5.97 Å². The number of hydrogen-bond donors (Lipinski definition) is 1. The van der Waals surface area contributed by atoms with E-state index in [2.05, 4.69) is 29.4 Å². The molecule has 1 N–H and O–H groups in total. The fourth-order valence-electron chi connectivity index (χ4n) is 4.08. The zero-order chi connectivity index (χ0) is 26.2. The Morgan fingerprint density at radius 1 is 0.973 bits per heavy atom. The van der Waals surface area contributed by atoms with Gasteiger partial charge in [-0.25, -0.2) is 4.98 Å². The van der Waals surface area contributed by atoms with Gasteiger partial charge in [0, 0.05) is 17.5 Å². The lowest BCUT2D eigenvalue weighted by Crippen LogP contribution is -2.32. The van der Waals surface area contributed by atoms with E-state index in [1.807, 2.05) is 17.5 Å². The first-order valence-electron chi connectivity index (χ1n) is 12.4. The average molecular weight is 520 g/mol. The summed E-state index contributed by atoms with van der Waals surface area (Å²) in [6.45, 7) is 1.61. The number of carbonyl (C=O) groups is 4. The minimum absolute atomic E-state index is 0.111. The Labute approximate surface area is 219 Å². The van der Waals surface area contributed by atoms with Crippen LogP contribution >= 0.6 is 11.3 Å². The van der Waals surface area contributed by atoms with Gasteiger partial charge in [0.25, 0.3) is 17.7 Å². The van der Waals surface area contributed by atoms with Gasteiger partial charge < -0.3 is 4.74 Å². The van der Waals surface area contributed by atoms with Crippen molar-refractivity contribution in [3.8, 4) is 11.3 Å². The second-order valence-corrected chi connectivity index (χ2v) is 9.67. The lowest BCUT2D eigenvalue weighted by atomic mass is 10.0. The number of esters is 1. The SMILES string of the molecule is CCCCCCc1ccc(-c2csc(NC(=O)COC(=O)CCN3C(=O)c4ccccc4C3=O)n2)cc1. The number of unbranched alkanes of at least 4 members (excludes halogenated alkanes) is 3. The molecule has 2 aromatic carbocycles. The van der Waals surface area contributed by atoms with Crippen LogP contribution in [0.4, 0.5) is 5.13 Å². The zero-order valence-electron chi connectivity index (χ0n) is 20.7. The van der Waals surface area contributed by atoms with Crippen molar-refractivity contribution in [2.24, 2.45) is 0 Å². The molecule has 1 aromatic heterocycles. The van der Waals surface area contributed by atoms with Crippen LogP contribution in [0, 0.1) is 0 Å². The van der Waals surface area contributed by atoms with Gasteiger partial charge in [0.15, 0.2) is 11.7 Å². The number of hydrogen-bond acceptors (Lipinski definition) is 7. The molecular formula is C28H29N3O5S. The first kappa shape index (κ1) is 26.2. The van der Waals surface area contributed by atoms with Gasteiger partial charge in [-0.15, -0.1) is 11.3 Å². The largest absolute Gasteiger partial charge is 0.456 e. The Hall–Kier alpha value is -3.85. The predicted octanol–water partition coefficient (Wildman–Crippen LogP) is 5.10. The fraction of sp³-hybridized carbons (Fsp3) is 0.321. The van der Waals surface area contributed by atoms with Crippen molar-refractivity contribution in [3.63, 3.8) is 0 Å². The lowest BCUT2D eigenvalue weighted by Gasteiger charge is -2.13. The molecule has 37 heavy (non-hydrogen) atoms. The molecule has 3 amide bonds. The van der Waals surface area contributed by atoms with Crippen LogP contribution < -0.4 is 5.32 Å². The first-order chi connectivity index (χ1) is 18.0. The summed E-state index contributed by atoms with van der Waals surface area (Å²) < 4.78 is 5.01. The van der Waals surface area contributed by atoms with E-state index in [0.29, 0.717) is 16.3 Å². The normalized spacial score (nSPS) is 12.5. The molecule has 0 saturated carbocycles. The Morgan fingerprint density at radius 2 is 1.68 bits per heavy atom. The van der Waals surface area contributed by atoms with Crippen molar-refractivity contribution < 1.29 is 23.9 Å². The van der Waals surface area contributed by atoms with E-state index < -0.39 is 30.3 Å². The number of benzene rings is 2. The van der Waals surface area contributed by atoms with Gasteiger partial charge in [-0.1, -0.05) is 62.6 Å². The van der Waals surface area contributed by atoms with Crippen LogP contribution in [0.15, 0.2) is 53.9 Å². The molecule has 1 aliphatic rings. The molecule has 0 aliphatic carbocycles. The van der Waals surface area contributed by atoms with Gasteiger partial charge in [0.2, 0.25) is 0 Å². The standard InChI is InChI=1S/C28H29N3O5S/c1-2-3-4-5-8-19-11-13-20(14-12-19)23-18-37-28(29-23)30-24(32)17-36-25(33)15-16-31-26(34)21-9-6-7-10-22(21)27(31)35/h6-7,9-14,18H,2-5,8,15-17H2,1H3,(H,29,30,32). The van der Waals surface area contributed by atoms with E-state index in [9.17, 15) is 19.2 Å². The third-order valence-corrected chi connectivity index (χ3v) is 6.86. The van der Waals surface area contributed by atoms with Crippen molar-refractivity contribution >= 4 is 40.2 Å². The number of aromatic nitrogens is 1. The number of rotatable bonds is 12. The highest BCUT2D eigenvalue weighted by molar-refractivity contribution is 7.14. The Kier molecular flexibility index (Phi) is 8.79. The number of anilines is 1. The van der Waals surface area contributed by atoms with E-state index in [1.165, 1.54) is 42.6 Å². The number of nitrogens with one attached hydrogen (secondary N) is 1. The summed E-state index contributed by atoms with van der Waals surface area (Å²) in [5, 5.41) is 4.90. The molecule has 0 saturated heterocycles. The molecule has 8 nitrogen and oxygen atoms in total. The number of ether oxygens (including phenoxy) is 1.